The number of sulfonamides is 1. The Kier molecular flexibility index (Phi) is 5.62. The average Bonchev–Trinajstić information content (AvgIpc) is 3.27. The average molecular weight is 495 g/mol. The molecule has 2 aliphatic heterocycles. The lowest BCUT2D eigenvalue weighted by Gasteiger charge is -2.46. The molecule has 1 unspecified atom stereocenters. The highest BCUT2D eigenvalue weighted by atomic mass is 32.2. The van der Waals surface area contributed by atoms with Gasteiger partial charge in [-0.3, -0.25) is 9.29 Å². The molecule has 0 radical (unpaired) electrons. The summed E-state index contributed by atoms with van der Waals surface area (Å²) in [7, 11) is -3.74. The van der Waals surface area contributed by atoms with Crippen LogP contribution in [0.25, 0.3) is 10.9 Å². The van der Waals surface area contributed by atoms with Crippen LogP contribution in [0.1, 0.15) is 26.3 Å². The molecule has 8 nitrogen and oxygen atoms in total. The van der Waals surface area contributed by atoms with Gasteiger partial charge in [-0.25, -0.2) is 13.2 Å². The van der Waals surface area contributed by atoms with E-state index in [9.17, 15) is 18.3 Å². The number of para-hydroxylation sites is 2. The van der Waals surface area contributed by atoms with Crippen molar-refractivity contribution in [1.82, 2.24) is 9.88 Å². The highest BCUT2D eigenvalue weighted by Gasteiger charge is 2.38. The molecule has 0 spiro atoms. The van der Waals surface area contributed by atoms with Crippen molar-refractivity contribution < 1.29 is 18.3 Å². The Morgan fingerprint density at radius 1 is 1.03 bits per heavy atom. The van der Waals surface area contributed by atoms with E-state index in [1.54, 1.807) is 6.07 Å². The monoisotopic (exact) mass is 494 g/mol. The maximum Gasteiger partial charge on any atom is 0.407 e. The molecule has 35 heavy (non-hydrogen) atoms. The van der Waals surface area contributed by atoms with Gasteiger partial charge in [0.05, 0.1) is 22.9 Å². The minimum atomic E-state index is -3.74. The van der Waals surface area contributed by atoms with Gasteiger partial charge in [-0.15, -0.1) is 0 Å². The molecule has 0 saturated carbocycles. The molecule has 184 valence electrons. The fourth-order valence-corrected chi connectivity index (χ4v) is 6.66. The van der Waals surface area contributed by atoms with Crippen LogP contribution in [0.2, 0.25) is 0 Å². The normalized spacial score (nSPS) is 18.7. The summed E-state index contributed by atoms with van der Waals surface area (Å²) in [6.45, 7) is 8.05. The number of aromatic nitrogens is 1. The van der Waals surface area contributed by atoms with Crippen LogP contribution in [-0.4, -0.2) is 61.7 Å². The fraction of sp³-hybridized carbons (Fsp3) is 0.385. The van der Waals surface area contributed by atoms with Gasteiger partial charge in [0.1, 0.15) is 4.90 Å². The standard InChI is InChI=1S/C26H30N4O4S/c1-26(2,3)23-17-28(13-14-29(23)25(31)32)22-10-6-8-19-15-20(16-27-24(19)22)35(33,34)30-12-11-18-7-4-5-9-21(18)30/h4-10,15-16,23H,11-14,17H2,1-3H3,(H,31,32). The molecule has 0 bridgehead atoms. The van der Waals surface area contributed by atoms with Crippen molar-refractivity contribution in [1.29, 1.82) is 0 Å². The van der Waals surface area contributed by atoms with Gasteiger partial charge in [-0.1, -0.05) is 51.1 Å². The second kappa shape index (κ2) is 8.41. The van der Waals surface area contributed by atoms with E-state index in [1.165, 1.54) is 15.4 Å². The van der Waals surface area contributed by atoms with Crippen molar-refractivity contribution in [2.75, 3.05) is 35.4 Å². The van der Waals surface area contributed by atoms with Crippen LogP contribution < -0.4 is 9.21 Å². The number of hydrogen-bond donors (Lipinski definition) is 1. The van der Waals surface area contributed by atoms with E-state index in [-0.39, 0.29) is 16.4 Å². The molecule has 2 aromatic carbocycles. The van der Waals surface area contributed by atoms with Gasteiger partial charge in [-0.05, 0) is 35.6 Å². The molecule has 1 aromatic heterocycles. The maximum atomic E-state index is 13.5. The number of hydrogen-bond acceptors (Lipinski definition) is 5. The summed E-state index contributed by atoms with van der Waals surface area (Å²) < 4.78 is 28.5. The van der Waals surface area contributed by atoms with Crippen molar-refractivity contribution in [3.05, 3.63) is 60.3 Å². The van der Waals surface area contributed by atoms with Crippen LogP contribution in [0.15, 0.2) is 59.6 Å². The first-order valence-electron chi connectivity index (χ1n) is 11.8. The minimum absolute atomic E-state index is 0.169. The Bertz CT molecular complexity index is 1400. The van der Waals surface area contributed by atoms with Gasteiger partial charge in [0.25, 0.3) is 10.0 Å². The Hall–Kier alpha value is -3.33. The zero-order valence-electron chi connectivity index (χ0n) is 20.2. The number of carbonyl (C=O) groups is 1. The van der Waals surface area contributed by atoms with Crippen LogP contribution in [0, 0.1) is 5.41 Å². The number of nitrogens with zero attached hydrogens (tertiary/aromatic N) is 4. The zero-order valence-corrected chi connectivity index (χ0v) is 21.0. The summed E-state index contributed by atoms with van der Waals surface area (Å²) in [5, 5.41) is 10.4. The molecule has 3 aromatic rings. The number of piperazine rings is 1. The lowest BCUT2D eigenvalue weighted by atomic mass is 9.84. The molecule has 5 rings (SSSR count). The first-order chi connectivity index (χ1) is 16.6. The first-order valence-corrected chi connectivity index (χ1v) is 13.3. The summed E-state index contributed by atoms with van der Waals surface area (Å²) in [6, 6.07) is 14.8. The van der Waals surface area contributed by atoms with Gasteiger partial charge >= 0.3 is 6.09 Å². The largest absolute Gasteiger partial charge is 0.465 e. The number of anilines is 2. The van der Waals surface area contributed by atoms with Gasteiger partial charge < -0.3 is 14.9 Å². The number of benzene rings is 2. The number of rotatable bonds is 3. The van der Waals surface area contributed by atoms with Gasteiger partial charge in [0.15, 0.2) is 0 Å². The first kappa shape index (κ1) is 23.4. The van der Waals surface area contributed by atoms with E-state index in [2.05, 4.69) is 9.88 Å². The fourth-order valence-electron chi connectivity index (χ4n) is 5.18. The Labute approximate surface area is 205 Å². The topological polar surface area (TPSA) is 94.1 Å². The molecule has 9 heteroatoms. The van der Waals surface area contributed by atoms with Crippen LogP contribution in [0.5, 0.6) is 0 Å². The van der Waals surface area contributed by atoms with Gasteiger partial charge in [0.2, 0.25) is 0 Å². The lowest BCUT2D eigenvalue weighted by molar-refractivity contribution is 0.0749. The highest BCUT2D eigenvalue weighted by molar-refractivity contribution is 7.92. The third-order valence-corrected chi connectivity index (χ3v) is 8.84. The maximum absolute atomic E-state index is 13.5. The minimum Gasteiger partial charge on any atom is -0.465 e. The molecule has 1 atom stereocenters. The van der Waals surface area contributed by atoms with E-state index in [0.717, 1.165) is 22.3 Å². The molecule has 0 aliphatic carbocycles. The Morgan fingerprint density at radius 3 is 2.51 bits per heavy atom. The van der Waals surface area contributed by atoms with Crippen LogP contribution in [0.3, 0.4) is 0 Å². The van der Waals surface area contributed by atoms with E-state index in [4.69, 9.17) is 0 Å². The van der Waals surface area contributed by atoms with Crippen molar-refractivity contribution >= 4 is 38.4 Å². The van der Waals surface area contributed by atoms with Gasteiger partial charge in [0, 0.05) is 37.8 Å². The third-order valence-electron chi connectivity index (χ3n) is 7.06. The highest BCUT2D eigenvalue weighted by Crippen LogP contribution is 2.35. The van der Waals surface area contributed by atoms with Gasteiger partial charge in [-0.2, -0.15) is 0 Å². The number of amides is 1. The van der Waals surface area contributed by atoms with Crippen molar-refractivity contribution in [2.45, 2.75) is 38.1 Å². The van der Waals surface area contributed by atoms with Crippen LogP contribution in [-0.2, 0) is 16.4 Å². The predicted octanol–water partition coefficient (Wildman–Crippen LogP) is 4.20. The van der Waals surface area contributed by atoms with Crippen molar-refractivity contribution in [3.63, 3.8) is 0 Å². The summed E-state index contributed by atoms with van der Waals surface area (Å²) in [6.07, 6.45) is 1.23. The molecular formula is C26H30N4O4S. The van der Waals surface area contributed by atoms with Crippen molar-refractivity contribution in [3.8, 4) is 0 Å². The molecule has 1 fully saturated rings. The molecular weight excluding hydrogens is 464 g/mol. The quantitative estimate of drug-likeness (QED) is 0.587. The molecule has 2 aliphatic rings. The second-order valence-electron chi connectivity index (χ2n) is 10.3. The van der Waals surface area contributed by atoms with E-state index in [0.29, 0.717) is 38.1 Å². The van der Waals surface area contributed by atoms with E-state index in [1.807, 2.05) is 63.2 Å². The number of fused-ring (bicyclic) bond motifs is 2. The predicted molar refractivity (Wildman–Crippen MR) is 137 cm³/mol. The second-order valence-corrected chi connectivity index (χ2v) is 12.1. The number of carboxylic acid groups (broad SMARTS) is 1. The third kappa shape index (κ3) is 4.07. The zero-order chi connectivity index (χ0) is 25.0. The SMILES string of the molecule is CC(C)(C)C1CN(c2cccc3cc(S(=O)(=O)N4CCc5ccccc54)cnc23)CCN1C(=O)O. The Morgan fingerprint density at radius 2 is 1.77 bits per heavy atom. The molecule has 1 saturated heterocycles. The molecule has 1 N–H and O–H groups in total. The van der Waals surface area contributed by atoms with Crippen molar-refractivity contribution in [2.24, 2.45) is 5.41 Å². The summed E-state index contributed by atoms with van der Waals surface area (Å²) in [5.41, 5.74) is 3.12. The van der Waals surface area contributed by atoms with Crippen LogP contribution >= 0.6 is 0 Å². The summed E-state index contributed by atoms with van der Waals surface area (Å²) in [4.78, 5) is 20.3. The van der Waals surface area contributed by atoms with Crippen LogP contribution in [0.4, 0.5) is 16.2 Å². The Balaban J connectivity index is 1.49. The smallest absolute Gasteiger partial charge is 0.407 e. The summed E-state index contributed by atoms with van der Waals surface area (Å²) in [5.74, 6) is 0. The molecule has 1 amide bonds. The lowest BCUT2D eigenvalue weighted by Crippen LogP contribution is -2.59. The summed E-state index contributed by atoms with van der Waals surface area (Å²) >= 11 is 0. The molecule has 3 heterocycles. The number of pyridine rings is 1. The van der Waals surface area contributed by atoms with E-state index < -0.39 is 16.1 Å². The van der Waals surface area contributed by atoms with E-state index >= 15 is 0 Å².